The molecule has 0 aliphatic heterocycles. The average molecular weight is 539 g/mol. The van der Waals surface area contributed by atoms with Gasteiger partial charge in [0.25, 0.3) is 5.91 Å². The van der Waals surface area contributed by atoms with E-state index in [4.69, 9.17) is 5.73 Å². The lowest BCUT2D eigenvalue weighted by Crippen LogP contribution is -2.18. The molecule has 4 aromatic rings. The Morgan fingerprint density at radius 1 is 1.13 bits per heavy atom. The van der Waals surface area contributed by atoms with Gasteiger partial charge in [-0.05, 0) is 50.0 Å². The first kappa shape index (κ1) is 27.0. The molecule has 200 valence electrons. The summed E-state index contributed by atoms with van der Waals surface area (Å²) in [4.78, 5) is 28.8. The second kappa shape index (κ2) is 10.4. The van der Waals surface area contributed by atoms with Gasteiger partial charge in [0.15, 0.2) is 5.82 Å². The van der Waals surface area contributed by atoms with Crippen molar-refractivity contribution in [1.82, 2.24) is 19.6 Å². The summed E-state index contributed by atoms with van der Waals surface area (Å²) in [5.41, 5.74) is 3.50. The number of aryl methyl sites for hydroxylation is 1. The smallest absolute Gasteiger partial charge is 0.366 e. The number of nitrogens with one attached hydrogen (secondary N) is 1. The van der Waals surface area contributed by atoms with E-state index < -0.39 is 40.5 Å². The van der Waals surface area contributed by atoms with Crippen LogP contribution in [-0.4, -0.2) is 38.1 Å². The molecule has 3 N–H and O–H groups in total. The summed E-state index contributed by atoms with van der Waals surface area (Å²) < 4.78 is 58.7. The monoisotopic (exact) mass is 539 g/mol. The molecule has 2 aromatic carbocycles. The van der Waals surface area contributed by atoms with Gasteiger partial charge in [0.1, 0.15) is 17.2 Å². The molecule has 2 amide bonds. The van der Waals surface area contributed by atoms with E-state index in [0.717, 1.165) is 6.07 Å². The number of anilines is 1. The Morgan fingerprint density at radius 2 is 1.82 bits per heavy atom. The van der Waals surface area contributed by atoms with Gasteiger partial charge in [-0.3, -0.25) is 19.3 Å². The lowest BCUT2D eigenvalue weighted by atomic mass is 9.99. The molecule has 0 spiro atoms. The molecular formula is C26H21F4N7O2. The molecule has 0 aliphatic rings. The number of hydrogen-bond donors (Lipinski definition) is 2. The van der Waals surface area contributed by atoms with E-state index in [1.807, 2.05) is 0 Å². The highest BCUT2D eigenvalue weighted by Gasteiger charge is 2.36. The van der Waals surface area contributed by atoms with Gasteiger partial charge in [-0.2, -0.15) is 23.4 Å². The molecule has 13 heteroatoms. The molecule has 0 radical (unpaired) electrons. The molecule has 2 heterocycles. The van der Waals surface area contributed by atoms with Crippen LogP contribution in [0.5, 0.6) is 0 Å². The van der Waals surface area contributed by atoms with Gasteiger partial charge in [0.2, 0.25) is 5.91 Å². The van der Waals surface area contributed by atoms with Crippen molar-refractivity contribution in [2.45, 2.75) is 13.1 Å². The van der Waals surface area contributed by atoms with Gasteiger partial charge in [-0.1, -0.05) is 18.2 Å². The van der Waals surface area contributed by atoms with Gasteiger partial charge in [0, 0.05) is 24.4 Å². The van der Waals surface area contributed by atoms with Gasteiger partial charge in [-0.15, -0.1) is 0 Å². The maximum atomic E-state index is 15.0. The van der Waals surface area contributed by atoms with Gasteiger partial charge >= 0.3 is 6.18 Å². The number of aliphatic imine (C=N–C) groups is 1. The van der Waals surface area contributed by atoms with Crippen molar-refractivity contribution in [3.05, 3.63) is 82.9 Å². The fraction of sp³-hybridized carbons (Fsp3) is 0.115. The molecule has 2 aromatic heterocycles. The summed E-state index contributed by atoms with van der Waals surface area (Å²) in [6, 6.07) is 10.8. The molecule has 0 aliphatic carbocycles. The number of aromatic nitrogens is 4. The minimum atomic E-state index is -4.91. The first-order valence-corrected chi connectivity index (χ1v) is 11.3. The zero-order valence-electron chi connectivity index (χ0n) is 20.6. The minimum Gasteiger partial charge on any atom is -0.366 e. The van der Waals surface area contributed by atoms with Crippen LogP contribution in [0, 0.1) is 5.82 Å². The van der Waals surface area contributed by atoms with E-state index in [-0.39, 0.29) is 34.5 Å². The Labute approximate surface area is 219 Å². The Hall–Kier alpha value is -5.07. The number of nitrogens with zero attached hydrogens (tertiary/aromatic N) is 5. The zero-order chi connectivity index (χ0) is 28.5. The van der Waals surface area contributed by atoms with E-state index in [0.29, 0.717) is 5.69 Å². The predicted octanol–water partition coefficient (Wildman–Crippen LogP) is 4.90. The summed E-state index contributed by atoms with van der Waals surface area (Å²) in [7, 11) is 1.51. The van der Waals surface area contributed by atoms with Crippen LogP contribution < -0.4 is 11.1 Å². The normalized spacial score (nSPS) is 11.9. The number of hydrogen-bond acceptors (Lipinski definition) is 5. The van der Waals surface area contributed by atoms with Crippen LogP contribution in [0.15, 0.2) is 65.3 Å². The van der Waals surface area contributed by atoms with E-state index in [1.54, 1.807) is 30.3 Å². The number of alkyl halides is 3. The maximum Gasteiger partial charge on any atom is 0.417 e. The highest BCUT2D eigenvalue weighted by atomic mass is 19.4. The number of halogens is 4. The molecule has 39 heavy (non-hydrogen) atoms. The number of nitrogens with two attached hydrogens (primary N) is 1. The van der Waals surface area contributed by atoms with Gasteiger partial charge in [-0.25, -0.2) is 9.07 Å². The molecule has 0 saturated heterocycles. The second-order valence-corrected chi connectivity index (χ2v) is 8.38. The summed E-state index contributed by atoms with van der Waals surface area (Å²) in [6.07, 6.45) is -2.16. The van der Waals surface area contributed by atoms with Crippen molar-refractivity contribution in [1.29, 1.82) is 0 Å². The van der Waals surface area contributed by atoms with Crippen molar-refractivity contribution in [3.63, 3.8) is 0 Å². The summed E-state index contributed by atoms with van der Waals surface area (Å²) >= 11 is 0. The van der Waals surface area contributed by atoms with Gasteiger partial charge in [0.05, 0.1) is 22.5 Å². The highest BCUT2D eigenvalue weighted by Crippen LogP contribution is 2.39. The van der Waals surface area contributed by atoms with E-state index >= 15 is 4.39 Å². The molecule has 0 bridgehead atoms. The third-order valence-corrected chi connectivity index (χ3v) is 5.67. The van der Waals surface area contributed by atoms with Crippen LogP contribution in [-0.2, 0) is 18.0 Å². The number of carbonyl (C=O) groups excluding carboxylic acids is 2. The fourth-order valence-corrected chi connectivity index (χ4v) is 3.75. The summed E-state index contributed by atoms with van der Waals surface area (Å²) in [6.45, 7) is 4.94. The fourth-order valence-electron chi connectivity index (χ4n) is 3.75. The van der Waals surface area contributed by atoms with E-state index in [9.17, 15) is 22.8 Å². The molecule has 4 rings (SSSR count). The number of carbonyl (C=O) groups is 2. The number of amides is 2. The zero-order valence-corrected chi connectivity index (χ0v) is 20.6. The molecular weight excluding hydrogens is 518 g/mol. The van der Waals surface area contributed by atoms with Crippen LogP contribution in [0.1, 0.15) is 28.5 Å². The Bertz CT molecular complexity index is 1620. The van der Waals surface area contributed by atoms with Crippen LogP contribution in [0.25, 0.3) is 23.0 Å². The standard InChI is InChI=1S/C26H21F4N7O2/c1-14(23(31)38)11-21-22(32-2)24(37(35-21)15-7-5-4-6-8-15)33-25(39)17-12-16(20-9-10-36(3)34-20)18(13-19(17)27)26(28,29)30/h4-13H,2H2,1,3H3,(H2,31,38)(H,33,39)/b14-11+. The predicted molar refractivity (Wildman–Crippen MR) is 137 cm³/mol. The van der Waals surface area contributed by atoms with Crippen LogP contribution in [0.2, 0.25) is 0 Å². The number of primary amides is 1. The van der Waals surface area contributed by atoms with E-state index in [2.05, 4.69) is 27.2 Å². The quantitative estimate of drug-likeness (QED) is 0.197. The van der Waals surface area contributed by atoms with Gasteiger partial charge < -0.3 is 11.1 Å². The molecule has 0 fully saturated rings. The highest BCUT2D eigenvalue weighted by molar-refractivity contribution is 6.07. The number of rotatable bonds is 7. The average Bonchev–Trinajstić information content (AvgIpc) is 3.46. The summed E-state index contributed by atoms with van der Waals surface area (Å²) in [5, 5.41) is 10.8. The number of para-hydroxylation sites is 1. The SMILES string of the molecule is C=Nc1c(/C=C(\C)C(N)=O)nn(-c2ccccc2)c1NC(=O)c1cc(-c2ccn(C)n2)c(C(F)(F)F)cc1F. The van der Waals surface area contributed by atoms with Crippen LogP contribution in [0.4, 0.5) is 29.1 Å². The summed E-state index contributed by atoms with van der Waals surface area (Å²) in [5.74, 6) is -3.27. The topological polar surface area (TPSA) is 120 Å². The van der Waals surface area contributed by atoms with Crippen LogP contribution >= 0.6 is 0 Å². The first-order chi connectivity index (χ1) is 18.4. The maximum absolute atomic E-state index is 15.0. The molecule has 9 nitrogen and oxygen atoms in total. The third-order valence-electron chi connectivity index (χ3n) is 5.67. The Morgan fingerprint density at radius 3 is 2.38 bits per heavy atom. The molecule has 0 unspecified atom stereocenters. The Kier molecular flexibility index (Phi) is 7.17. The van der Waals surface area contributed by atoms with Crippen molar-refractivity contribution in [2.24, 2.45) is 17.8 Å². The number of benzene rings is 2. The minimum absolute atomic E-state index is 0.0186. The van der Waals surface area contributed by atoms with Crippen LogP contribution in [0.3, 0.4) is 0 Å². The van der Waals surface area contributed by atoms with Crippen molar-refractivity contribution in [3.8, 4) is 16.9 Å². The molecule has 0 saturated carbocycles. The lowest BCUT2D eigenvalue weighted by molar-refractivity contribution is -0.137. The lowest BCUT2D eigenvalue weighted by Gasteiger charge is -2.15. The van der Waals surface area contributed by atoms with E-state index in [1.165, 1.54) is 41.7 Å². The molecule has 0 atom stereocenters. The van der Waals surface area contributed by atoms with Crippen molar-refractivity contribution >= 4 is 36.1 Å². The largest absolute Gasteiger partial charge is 0.417 e. The first-order valence-electron chi connectivity index (χ1n) is 11.3. The van der Waals surface area contributed by atoms with Crippen molar-refractivity contribution in [2.75, 3.05) is 5.32 Å². The van der Waals surface area contributed by atoms with Crippen molar-refractivity contribution < 1.29 is 27.2 Å². The third kappa shape index (κ3) is 5.46. The Balaban J connectivity index is 1.87. The second-order valence-electron chi connectivity index (χ2n) is 8.38.